The molecule has 1 nitrogen and oxygen atoms in total. The molecule has 0 spiro atoms. The highest BCUT2D eigenvalue weighted by molar-refractivity contribution is 4.87. The first-order chi connectivity index (χ1) is 6.46. The maximum atomic E-state index is 12.3. The van der Waals surface area contributed by atoms with Crippen LogP contribution in [0.3, 0.4) is 0 Å². The second-order valence-electron chi connectivity index (χ2n) is 5.58. The SMILES string of the molecule is C[C@H]1[C@H](C(C)(C)C)CCCN1CCF. The molecular weight excluding hydrogens is 177 g/mol. The van der Waals surface area contributed by atoms with Crippen LogP contribution in [0.5, 0.6) is 0 Å². The van der Waals surface area contributed by atoms with Crippen LogP contribution in [-0.2, 0) is 0 Å². The van der Waals surface area contributed by atoms with Crippen LogP contribution in [0.15, 0.2) is 0 Å². The summed E-state index contributed by atoms with van der Waals surface area (Å²) in [5.41, 5.74) is 0.356. The van der Waals surface area contributed by atoms with Crippen LogP contribution in [0.2, 0.25) is 0 Å². The summed E-state index contributed by atoms with van der Waals surface area (Å²) in [5, 5.41) is 0. The number of hydrogen-bond acceptors (Lipinski definition) is 1. The van der Waals surface area contributed by atoms with Crippen molar-refractivity contribution in [2.24, 2.45) is 11.3 Å². The average molecular weight is 201 g/mol. The van der Waals surface area contributed by atoms with Gasteiger partial charge in [-0.2, -0.15) is 0 Å². The molecule has 0 aromatic carbocycles. The van der Waals surface area contributed by atoms with Crippen molar-refractivity contribution in [2.75, 3.05) is 19.8 Å². The van der Waals surface area contributed by atoms with Gasteiger partial charge in [0.05, 0.1) is 0 Å². The lowest BCUT2D eigenvalue weighted by Crippen LogP contribution is -2.48. The van der Waals surface area contributed by atoms with E-state index < -0.39 is 0 Å². The molecule has 1 aliphatic heterocycles. The monoisotopic (exact) mass is 201 g/mol. The molecule has 1 fully saturated rings. The normalized spacial score (nSPS) is 30.6. The molecule has 2 heteroatoms. The van der Waals surface area contributed by atoms with Crippen molar-refractivity contribution in [3.05, 3.63) is 0 Å². The quantitative estimate of drug-likeness (QED) is 0.663. The van der Waals surface area contributed by atoms with Gasteiger partial charge in [-0.3, -0.25) is 4.90 Å². The lowest BCUT2D eigenvalue weighted by molar-refractivity contribution is 0.0382. The molecule has 0 unspecified atom stereocenters. The molecule has 0 aromatic rings. The minimum Gasteiger partial charge on any atom is -0.298 e. The Morgan fingerprint density at radius 1 is 1.36 bits per heavy atom. The van der Waals surface area contributed by atoms with Gasteiger partial charge in [0.2, 0.25) is 0 Å². The van der Waals surface area contributed by atoms with E-state index in [4.69, 9.17) is 0 Å². The molecule has 0 N–H and O–H groups in total. The van der Waals surface area contributed by atoms with Crippen molar-refractivity contribution >= 4 is 0 Å². The summed E-state index contributed by atoms with van der Waals surface area (Å²) in [6.07, 6.45) is 2.53. The second-order valence-corrected chi connectivity index (χ2v) is 5.58. The molecule has 0 saturated carbocycles. The van der Waals surface area contributed by atoms with Crippen molar-refractivity contribution in [3.8, 4) is 0 Å². The molecule has 0 amide bonds. The van der Waals surface area contributed by atoms with Crippen molar-refractivity contribution in [1.82, 2.24) is 4.90 Å². The Balaban J connectivity index is 2.61. The first-order valence-corrected chi connectivity index (χ1v) is 5.77. The van der Waals surface area contributed by atoms with Crippen LogP contribution < -0.4 is 0 Å². The Labute approximate surface area is 87.7 Å². The minimum absolute atomic E-state index is 0.207. The molecular formula is C12H24FN. The first-order valence-electron chi connectivity index (χ1n) is 5.77. The molecule has 1 aliphatic rings. The third kappa shape index (κ3) is 2.69. The van der Waals surface area contributed by atoms with Crippen LogP contribution >= 0.6 is 0 Å². The summed E-state index contributed by atoms with van der Waals surface area (Å²) in [7, 11) is 0. The van der Waals surface area contributed by atoms with Gasteiger partial charge < -0.3 is 0 Å². The van der Waals surface area contributed by atoms with Crippen molar-refractivity contribution in [3.63, 3.8) is 0 Å². The van der Waals surface area contributed by atoms with E-state index in [1.807, 2.05) is 0 Å². The topological polar surface area (TPSA) is 3.24 Å². The Morgan fingerprint density at radius 2 is 2.00 bits per heavy atom. The van der Waals surface area contributed by atoms with Gasteiger partial charge in [0.25, 0.3) is 0 Å². The van der Waals surface area contributed by atoms with Crippen LogP contribution in [0.1, 0.15) is 40.5 Å². The summed E-state index contributed by atoms with van der Waals surface area (Å²) in [6, 6.07) is 0.541. The number of piperidine rings is 1. The fraction of sp³-hybridized carbons (Fsp3) is 1.00. The number of alkyl halides is 1. The summed E-state index contributed by atoms with van der Waals surface area (Å²) in [4.78, 5) is 2.30. The summed E-state index contributed by atoms with van der Waals surface area (Å²) >= 11 is 0. The molecule has 2 atom stereocenters. The van der Waals surface area contributed by atoms with Gasteiger partial charge in [-0.05, 0) is 37.6 Å². The highest BCUT2D eigenvalue weighted by Crippen LogP contribution is 2.37. The second kappa shape index (κ2) is 4.61. The highest BCUT2D eigenvalue weighted by atomic mass is 19.1. The van der Waals surface area contributed by atoms with E-state index >= 15 is 0 Å². The van der Waals surface area contributed by atoms with Crippen molar-refractivity contribution in [1.29, 1.82) is 0 Å². The first kappa shape index (κ1) is 12.0. The number of rotatable bonds is 2. The predicted molar refractivity (Wildman–Crippen MR) is 59.2 cm³/mol. The van der Waals surface area contributed by atoms with Crippen LogP contribution in [0.4, 0.5) is 4.39 Å². The van der Waals surface area contributed by atoms with Gasteiger partial charge in [-0.15, -0.1) is 0 Å². The van der Waals surface area contributed by atoms with E-state index in [1.165, 1.54) is 12.8 Å². The van der Waals surface area contributed by atoms with Crippen molar-refractivity contribution < 1.29 is 4.39 Å². The van der Waals surface area contributed by atoms with E-state index in [1.54, 1.807) is 0 Å². The van der Waals surface area contributed by atoms with Gasteiger partial charge in [0, 0.05) is 12.6 Å². The Bertz CT molecular complexity index is 172. The van der Waals surface area contributed by atoms with E-state index in [-0.39, 0.29) is 6.67 Å². The standard InChI is InChI=1S/C12H24FN/c1-10-11(12(2,3)4)6-5-8-14(10)9-7-13/h10-11H,5-9H2,1-4H3/t10-,11+/m0/s1. The van der Waals surface area contributed by atoms with E-state index in [0.717, 1.165) is 6.54 Å². The largest absolute Gasteiger partial charge is 0.298 e. The van der Waals surface area contributed by atoms with Crippen molar-refractivity contribution in [2.45, 2.75) is 46.6 Å². The molecule has 84 valence electrons. The zero-order valence-electron chi connectivity index (χ0n) is 10.0. The predicted octanol–water partition coefficient (Wildman–Crippen LogP) is 3.10. The summed E-state index contributed by atoms with van der Waals surface area (Å²) in [6.45, 7) is 10.6. The Hall–Kier alpha value is -0.110. The van der Waals surface area contributed by atoms with Crippen LogP contribution in [0.25, 0.3) is 0 Å². The zero-order valence-corrected chi connectivity index (χ0v) is 10.0. The number of halogens is 1. The molecule has 1 rings (SSSR count). The Kier molecular flexibility index (Phi) is 3.94. The van der Waals surface area contributed by atoms with Gasteiger partial charge in [-0.25, -0.2) is 4.39 Å². The van der Waals surface area contributed by atoms with Gasteiger partial charge >= 0.3 is 0 Å². The maximum Gasteiger partial charge on any atom is 0.102 e. The smallest absolute Gasteiger partial charge is 0.102 e. The molecule has 1 saturated heterocycles. The third-order valence-electron chi connectivity index (χ3n) is 3.60. The molecule has 0 aromatic heterocycles. The van der Waals surface area contributed by atoms with Crippen LogP contribution in [0, 0.1) is 11.3 Å². The third-order valence-corrected chi connectivity index (χ3v) is 3.60. The fourth-order valence-electron chi connectivity index (χ4n) is 2.79. The lowest BCUT2D eigenvalue weighted by atomic mass is 9.72. The Morgan fingerprint density at radius 3 is 2.50 bits per heavy atom. The van der Waals surface area contributed by atoms with E-state index in [2.05, 4.69) is 32.6 Å². The van der Waals surface area contributed by atoms with E-state index in [9.17, 15) is 4.39 Å². The lowest BCUT2D eigenvalue weighted by Gasteiger charge is -2.45. The summed E-state index contributed by atoms with van der Waals surface area (Å²) in [5.74, 6) is 0.711. The molecule has 1 heterocycles. The van der Waals surface area contributed by atoms with E-state index in [0.29, 0.717) is 23.9 Å². The van der Waals surface area contributed by atoms with Crippen LogP contribution in [-0.4, -0.2) is 30.7 Å². The fourth-order valence-corrected chi connectivity index (χ4v) is 2.79. The number of hydrogen-bond donors (Lipinski definition) is 0. The van der Waals surface area contributed by atoms with Gasteiger partial charge in [0.15, 0.2) is 0 Å². The summed E-state index contributed by atoms with van der Waals surface area (Å²) < 4.78 is 12.3. The highest BCUT2D eigenvalue weighted by Gasteiger charge is 2.35. The number of nitrogens with zero attached hydrogens (tertiary/aromatic N) is 1. The zero-order chi connectivity index (χ0) is 10.8. The molecule has 0 bridgehead atoms. The number of likely N-dealkylation sites (tertiary alicyclic amines) is 1. The minimum atomic E-state index is -0.207. The molecule has 0 radical (unpaired) electrons. The molecule has 14 heavy (non-hydrogen) atoms. The van der Waals surface area contributed by atoms with Gasteiger partial charge in [0.1, 0.15) is 6.67 Å². The average Bonchev–Trinajstić information content (AvgIpc) is 2.07. The maximum absolute atomic E-state index is 12.3. The van der Waals surface area contributed by atoms with Gasteiger partial charge in [-0.1, -0.05) is 20.8 Å². The molecule has 0 aliphatic carbocycles.